The molecule has 0 saturated heterocycles. The standard InChI is InChI=1S/C17H36O4S.Na/c1-3-4-5-6-7-11-14-17(18)15-12-9-8-10-13-16(2)22(19,20)21;/h16-18H,3-15H2,1-2H3,(H,19,20,21);/q;+1/p-1. The molecule has 134 valence electrons. The summed E-state index contributed by atoms with van der Waals surface area (Å²) in [6, 6.07) is 0. The fraction of sp³-hybridized carbons (Fsp3) is 1.00. The summed E-state index contributed by atoms with van der Waals surface area (Å²) in [5, 5.41) is 9.11. The molecule has 0 aromatic carbocycles. The Morgan fingerprint density at radius 1 is 0.826 bits per heavy atom. The second kappa shape index (κ2) is 16.3. The van der Waals surface area contributed by atoms with Gasteiger partial charge in [0, 0.05) is 5.25 Å². The predicted octanol–water partition coefficient (Wildman–Crippen LogP) is 1.38. The number of aliphatic hydroxyl groups excluding tert-OH is 1. The van der Waals surface area contributed by atoms with Crippen molar-refractivity contribution in [3.8, 4) is 0 Å². The van der Waals surface area contributed by atoms with Crippen LogP contribution in [0.5, 0.6) is 0 Å². The average molecular weight is 359 g/mol. The molecule has 23 heavy (non-hydrogen) atoms. The van der Waals surface area contributed by atoms with Gasteiger partial charge >= 0.3 is 29.6 Å². The molecule has 0 aliphatic rings. The fourth-order valence-corrected chi connectivity index (χ4v) is 3.07. The fourth-order valence-electron chi connectivity index (χ4n) is 2.61. The Morgan fingerprint density at radius 2 is 1.22 bits per heavy atom. The molecule has 0 aromatic rings. The summed E-state index contributed by atoms with van der Waals surface area (Å²) in [6.07, 6.45) is 13.2. The Hall–Kier alpha value is 0.870. The van der Waals surface area contributed by atoms with Crippen LogP contribution in [0.2, 0.25) is 0 Å². The summed E-state index contributed by atoms with van der Waals surface area (Å²) < 4.78 is 32.2. The number of unbranched alkanes of at least 4 members (excludes halogenated alkanes) is 8. The third-order valence-electron chi connectivity index (χ3n) is 4.28. The van der Waals surface area contributed by atoms with E-state index in [0.717, 1.165) is 44.9 Å². The number of hydrogen-bond acceptors (Lipinski definition) is 4. The van der Waals surface area contributed by atoms with Gasteiger partial charge in [-0.25, -0.2) is 8.42 Å². The monoisotopic (exact) mass is 358 g/mol. The molecule has 4 nitrogen and oxygen atoms in total. The molecule has 0 heterocycles. The van der Waals surface area contributed by atoms with Crippen LogP contribution in [0.4, 0.5) is 0 Å². The normalized spacial score (nSPS) is 14.3. The molecule has 0 bridgehead atoms. The maximum absolute atomic E-state index is 10.7. The Bertz CT molecular complexity index is 347. The summed E-state index contributed by atoms with van der Waals surface area (Å²) in [7, 11) is -4.12. The summed E-state index contributed by atoms with van der Waals surface area (Å²) in [4.78, 5) is 0. The van der Waals surface area contributed by atoms with E-state index in [0.29, 0.717) is 6.42 Å². The molecular weight excluding hydrogens is 323 g/mol. The van der Waals surface area contributed by atoms with E-state index in [-0.39, 0.29) is 35.7 Å². The number of hydrogen-bond donors (Lipinski definition) is 1. The van der Waals surface area contributed by atoms with Gasteiger partial charge in [0.1, 0.15) is 0 Å². The Kier molecular flexibility index (Phi) is 18.5. The van der Waals surface area contributed by atoms with Crippen molar-refractivity contribution in [3.63, 3.8) is 0 Å². The second-order valence-electron chi connectivity index (χ2n) is 6.51. The molecule has 2 unspecified atom stereocenters. The predicted molar refractivity (Wildman–Crippen MR) is 90.9 cm³/mol. The van der Waals surface area contributed by atoms with Crippen LogP contribution in [0.15, 0.2) is 0 Å². The van der Waals surface area contributed by atoms with E-state index in [1.165, 1.54) is 39.0 Å². The summed E-state index contributed by atoms with van der Waals surface area (Å²) in [6.45, 7) is 3.69. The van der Waals surface area contributed by atoms with Crippen molar-refractivity contribution in [3.05, 3.63) is 0 Å². The van der Waals surface area contributed by atoms with Gasteiger partial charge in [-0.1, -0.05) is 71.1 Å². The molecule has 0 aliphatic heterocycles. The van der Waals surface area contributed by atoms with Gasteiger partial charge in [-0.15, -0.1) is 0 Å². The molecule has 0 radical (unpaired) electrons. The van der Waals surface area contributed by atoms with Crippen molar-refractivity contribution < 1.29 is 47.6 Å². The molecule has 0 amide bonds. The molecule has 6 heteroatoms. The minimum Gasteiger partial charge on any atom is -0.748 e. The maximum Gasteiger partial charge on any atom is 1.00 e. The molecule has 0 aliphatic carbocycles. The van der Waals surface area contributed by atoms with Crippen LogP contribution >= 0.6 is 0 Å². The third kappa shape index (κ3) is 17.5. The van der Waals surface area contributed by atoms with Crippen LogP contribution < -0.4 is 29.6 Å². The Balaban J connectivity index is 0. The minimum absolute atomic E-state index is 0. The van der Waals surface area contributed by atoms with Gasteiger partial charge in [0.2, 0.25) is 0 Å². The van der Waals surface area contributed by atoms with Crippen LogP contribution in [0, 0.1) is 0 Å². The summed E-state index contributed by atoms with van der Waals surface area (Å²) in [5.74, 6) is 0. The second-order valence-corrected chi connectivity index (χ2v) is 8.30. The Morgan fingerprint density at radius 3 is 1.65 bits per heavy atom. The van der Waals surface area contributed by atoms with Crippen molar-refractivity contribution >= 4 is 10.1 Å². The molecule has 1 N–H and O–H groups in total. The van der Waals surface area contributed by atoms with E-state index in [1.54, 1.807) is 0 Å². The van der Waals surface area contributed by atoms with Gasteiger partial charge in [-0.05, 0) is 26.2 Å². The van der Waals surface area contributed by atoms with Crippen LogP contribution in [0.1, 0.15) is 97.3 Å². The van der Waals surface area contributed by atoms with E-state index < -0.39 is 15.4 Å². The van der Waals surface area contributed by atoms with Gasteiger partial charge in [0.15, 0.2) is 0 Å². The van der Waals surface area contributed by atoms with Crippen molar-refractivity contribution in [1.82, 2.24) is 0 Å². The largest absolute Gasteiger partial charge is 1.00 e. The van der Waals surface area contributed by atoms with Crippen molar-refractivity contribution in [2.75, 3.05) is 0 Å². The van der Waals surface area contributed by atoms with E-state index in [4.69, 9.17) is 0 Å². The SMILES string of the molecule is CCCCCCCCC(O)CCCCCCC(C)S(=O)(=O)[O-].[Na+]. The molecule has 0 rings (SSSR count). The molecule has 2 atom stereocenters. The minimum atomic E-state index is -4.12. The molecule has 0 fully saturated rings. The zero-order valence-electron chi connectivity index (χ0n) is 15.4. The zero-order valence-corrected chi connectivity index (χ0v) is 18.2. The van der Waals surface area contributed by atoms with Gasteiger partial charge in [0.25, 0.3) is 0 Å². The third-order valence-corrected chi connectivity index (χ3v) is 5.50. The van der Waals surface area contributed by atoms with Crippen LogP contribution in [-0.4, -0.2) is 29.4 Å². The first kappa shape index (κ1) is 26.1. The maximum atomic E-state index is 10.7. The van der Waals surface area contributed by atoms with Crippen molar-refractivity contribution in [2.24, 2.45) is 0 Å². The average Bonchev–Trinajstić information content (AvgIpc) is 2.45. The van der Waals surface area contributed by atoms with Gasteiger partial charge in [0.05, 0.1) is 16.2 Å². The van der Waals surface area contributed by atoms with Gasteiger partial charge < -0.3 is 9.66 Å². The summed E-state index contributed by atoms with van der Waals surface area (Å²) in [5.41, 5.74) is 0. The molecule has 0 aromatic heterocycles. The molecule has 0 spiro atoms. The molecular formula is C17H35NaO4S. The Labute approximate surface area is 165 Å². The number of aliphatic hydroxyl groups is 1. The van der Waals surface area contributed by atoms with Crippen molar-refractivity contribution in [1.29, 1.82) is 0 Å². The van der Waals surface area contributed by atoms with E-state index in [1.807, 2.05) is 0 Å². The number of rotatable bonds is 15. The quantitative estimate of drug-likeness (QED) is 0.272. The zero-order chi connectivity index (χ0) is 16.8. The summed E-state index contributed by atoms with van der Waals surface area (Å²) >= 11 is 0. The van der Waals surface area contributed by atoms with E-state index in [9.17, 15) is 18.1 Å². The first-order chi connectivity index (χ1) is 10.4. The smallest absolute Gasteiger partial charge is 0.748 e. The van der Waals surface area contributed by atoms with Crippen LogP contribution in [0.25, 0.3) is 0 Å². The van der Waals surface area contributed by atoms with Crippen LogP contribution in [-0.2, 0) is 10.1 Å². The molecule has 0 saturated carbocycles. The van der Waals surface area contributed by atoms with E-state index >= 15 is 0 Å². The first-order valence-corrected chi connectivity index (χ1v) is 10.5. The first-order valence-electron chi connectivity index (χ1n) is 9.00. The van der Waals surface area contributed by atoms with Gasteiger partial charge in [-0.3, -0.25) is 0 Å². The van der Waals surface area contributed by atoms with Crippen molar-refractivity contribution in [2.45, 2.75) is 109 Å². The topological polar surface area (TPSA) is 77.4 Å². The van der Waals surface area contributed by atoms with Gasteiger partial charge in [-0.2, -0.15) is 0 Å². The van der Waals surface area contributed by atoms with E-state index in [2.05, 4.69) is 6.92 Å². The van der Waals surface area contributed by atoms with Crippen LogP contribution in [0.3, 0.4) is 0 Å².